The number of carbonyl (C=O) groups excluding carboxylic acids is 2. The van der Waals surface area contributed by atoms with Gasteiger partial charge in [-0.1, -0.05) is 32.0 Å². The topological polar surface area (TPSA) is 92.6 Å². The number of benzene rings is 1. The summed E-state index contributed by atoms with van der Waals surface area (Å²) in [7, 11) is 0. The van der Waals surface area contributed by atoms with Crippen LogP contribution >= 0.6 is 0 Å². The predicted octanol–water partition coefficient (Wildman–Crippen LogP) is 2.92. The summed E-state index contributed by atoms with van der Waals surface area (Å²) in [5, 5.41) is 5.62. The molecule has 0 aliphatic heterocycles. The Labute approximate surface area is 168 Å². The van der Waals surface area contributed by atoms with Crippen LogP contribution in [0.1, 0.15) is 41.8 Å². The van der Waals surface area contributed by atoms with E-state index in [1.165, 1.54) is 10.6 Å². The van der Waals surface area contributed by atoms with Crippen molar-refractivity contribution in [3.05, 3.63) is 75.8 Å². The molecule has 2 amide bonds. The number of rotatable bonds is 6. The van der Waals surface area contributed by atoms with Crippen LogP contribution in [0, 0.1) is 12.8 Å². The number of hydrogen-bond acceptors (Lipinski definition) is 4. The predicted molar refractivity (Wildman–Crippen MR) is 112 cm³/mol. The number of aryl methyl sites for hydroxylation is 1. The van der Waals surface area contributed by atoms with Gasteiger partial charge >= 0.3 is 0 Å². The molecule has 0 aliphatic carbocycles. The lowest BCUT2D eigenvalue weighted by molar-refractivity contribution is -0.119. The van der Waals surface area contributed by atoms with Crippen LogP contribution in [-0.4, -0.2) is 21.2 Å². The van der Waals surface area contributed by atoms with E-state index in [9.17, 15) is 14.4 Å². The van der Waals surface area contributed by atoms with Crippen LogP contribution in [0.25, 0.3) is 5.65 Å². The summed E-state index contributed by atoms with van der Waals surface area (Å²) < 4.78 is 1.37. The highest BCUT2D eigenvalue weighted by molar-refractivity contribution is 5.94. The molecule has 7 nitrogen and oxygen atoms in total. The zero-order valence-corrected chi connectivity index (χ0v) is 16.7. The fraction of sp³-hybridized carbons (Fsp3) is 0.273. The van der Waals surface area contributed by atoms with E-state index < -0.39 is 11.5 Å². The minimum Gasteiger partial charge on any atom is -0.348 e. The normalized spacial score (nSPS) is 11.8. The molecule has 0 aliphatic rings. The van der Waals surface area contributed by atoms with E-state index >= 15 is 0 Å². The summed E-state index contributed by atoms with van der Waals surface area (Å²) in [6.45, 7) is 5.92. The van der Waals surface area contributed by atoms with Gasteiger partial charge in [-0.2, -0.15) is 0 Å². The van der Waals surface area contributed by atoms with Crippen LogP contribution < -0.4 is 16.2 Å². The zero-order valence-electron chi connectivity index (χ0n) is 16.7. The molecule has 0 fully saturated rings. The molecule has 1 aromatic carbocycles. The zero-order chi connectivity index (χ0) is 21.0. The number of pyridine rings is 1. The molecule has 2 heterocycles. The number of nitrogens with zero attached hydrogens (tertiary/aromatic N) is 2. The van der Waals surface area contributed by atoms with E-state index in [2.05, 4.69) is 15.6 Å². The number of anilines is 1. The summed E-state index contributed by atoms with van der Waals surface area (Å²) in [6, 6.07) is 10.8. The molecule has 0 saturated carbocycles. The molecule has 2 aromatic heterocycles. The first-order valence-corrected chi connectivity index (χ1v) is 9.55. The van der Waals surface area contributed by atoms with Gasteiger partial charge in [-0.15, -0.1) is 0 Å². The van der Waals surface area contributed by atoms with Gasteiger partial charge in [0.2, 0.25) is 5.91 Å². The van der Waals surface area contributed by atoms with E-state index in [-0.39, 0.29) is 23.9 Å². The van der Waals surface area contributed by atoms with Crippen LogP contribution in [0.4, 0.5) is 5.69 Å². The first-order valence-electron chi connectivity index (χ1n) is 9.55. The second-order valence-corrected chi connectivity index (χ2v) is 7.09. The fourth-order valence-corrected chi connectivity index (χ4v) is 2.83. The van der Waals surface area contributed by atoms with Crippen molar-refractivity contribution in [3.63, 3.8) is 0 Å². The third-order valence-corrected chi connectivity index (χ3v) is 4.80. The summed E-state index contributed by atoms with van der Waals surface area (Å²) >= 11 is 0. The molecule has 0 bridgehead atoms. The van der Waals surface area contributed by atoms with Crippen molar-refractivity contribution in [3.8, 4) is 0 Å². The highest BCUT2D eigenvalue weighted by Crippen LogP contribution is 2.13. The Hall–Kier alpha value is -3.48. The fourth-order valence-electron chi connectivity index (χ4n) is 2.83. The molecule has 0 radical (unpaired) electrons. The Balaban J connectivity index is 1.72. The molecular formula is C22H24N4O3. The van der Waals surface area contributed by atoms with Crippen LogP contribution in [0.3, 0.4) is 0 Å². The van der Waals surface area contributed by atoms with Crippen molar-refractivity contribution in [1.29, 1.82) is 0 Å². The van der Waals surface area contributed by atoms with Gasteiger partial charge in [0.1, 0.15) is 11.2 Å². The molecule has 7 heteroatoms. The van der Waals surface area contributed by atoms with Crippen molar-refractivity contribution in [2.75, 3.05) is 5.32 Å². The highest BCUT2D eigenvalue weighted by Gasteiger charge is 2.14. The lowest BCUT2D eigenvalue weighted by atomic mass is 10.1. The number of nitrogens with one attached hydrogen (secondary N) is 2. The largest absolute Gasteiger partial charge is 0.348 e. The van der Waals surface area contributed by atoms with Gasteiger partial charge in [0.15, 0.2) is 0 Å². The van der Waals surface area contributed by atoms with Crippen molar-refractivity contribution < 1.29 is 9.59 Å². The first kappa shape index (κ1) is 20.3. The number of aromatic nitrogens is 2. The number of hydrogen-bond donors (Lipinski definition) is 2. The third-order valence-electron chi connectivity index (χ3n) is 4.80. The smallest absolute Gasteiger partial charge is 0.270 e. The standard InChI is InChI=1S/C22H24N4O3/c1-4-15(3)20(27)25-17-7-5-6-16(10-17)11-24-21(28)18-12-23-19-9-8-14(2)13-26(19)22(18)29/h5-10,12-13,15H,4,11H2,1-3H3,(H,24,28)(H,25,27). The summed E-state index contributed by atoms with van der Waals surface area (Å²) in [5.74, 6) is -0.609. The van der Waals surface area contributed by atoms with Crippen LogP contribution in [-0.2, 0) is 11.3 Å². The summed E-state index contributed by atoms with van der Waals surface area (Å²) in [4.78, 5) is 41.4. The average molecular weight is 392 g/mol. The minimum atomic E-state index is -0.493. The molecular weight excluding hydrogens is 368 g/mol. The van der Waals surface area contributed by atoms with Crippen molar-refractivity contribution in [2.45, 2.75) is 33.7 Å². The van der Waals surface area contributed by atoms with Crippen LogP contribution in [0.2, 0.25) is 0 Å². The second kappa shape index (κ2) is 8.68. The van der Waals surface area contributed by atoms with E-state index in [1.54, 1.807) is 24.4 Å². The monoisotopic (exact) mass is 392 g/mol. The van der Waals surface area contributed by atoms with Crippen LogP contribution in [0.15, 0.2) is 53.6 Å². The maximum absolute atomic E-state index is 12.6. The molecule has 29 heavy (non-hydrogen) atoms. The molecule has 0 saturated heterocycles. The molecule has 0 spiro atoms. The lowest BCUT2D eigenvalue weighted by Crippen LogP contribution is -2.31. The van der Waals surface area contributed by atoms with Gasteiger partial charge in [0.25, 0.3) is 11.5 Å². The Morgan fingerprint density at radius 2 is 2.00 bits per heavy atom. The van der Waals surface area contributed by atoms with Gasteiger partial charge < -0.3 is 10.6 Å². The Morgan fingerprint density at radius 3 is 2.76 bits per heavy atom. The van der Waals surface area contributed by atoms with Crippen LogP contribution in [0.5, 0.6) is 0 Å². The first-order chi connectivity index (χ1) is 13.9. The maximum atomic E-state index is 12.6. The maximum Gasteiger partial charge on any atom is 0.270 e. The van der Waals surface area contributed by atoms with Gasteiger partial charge in [-0.05, 0) is 42.7 Å². The molecule has 1 unspecified atom stereocenters. The molecule has 2 N–H and O–H groups in total. The van der Waals surface area contributed by atoms with Gasteiger partial charge in [0.05, 0.1) is 0 Å². The number of fused-ring (bicyclic) bond motifs is 1. The minimum absolute atomic E-state index is 0.0191. The van der Waals surface area contributed by atoms with E-state index in [0.717, 1.165) is 17.5 Å². The molecule has 3 rings (SSSR count). The summed E-state index contributed by atoms with van der Waals surface area (Å²) in [5.41, 5.74) is 2.44. The summed E-state index contributed by atoms with van der Waals surface area (Å²) in [6.07, 6.45) is 3.71. The van der Waals surface area contributed by atoms with Crippen molar-refractivity contribution in [1.82, 2.24) is 14.7 Å². The Kier molecular flexibility index (Phi) is 6.07. The Bertz CT molecular complexity index is 1120. The molecule has 1 atom stereocenters. The molecule has 3 aromatic rings. The van der Waals surface area contributed by atoms with Crippen molar-refractivity contribution in [2.24, 2.45) is 5.92 Å². The van der Waals surface area contributed by atoms with E-state index in [4.69, 9.17) is 0 Å². The highest BCUT2D eigenvalue weighted by atomic mass is 16.2. The Morgan fingerprint density at radius 1 is 1.21 bits per heavy atom. The lowest BCUT2D eigenvalue weighted by Gasteiger charge is -2.11. The molecule has 150 valence electrons. The van der Waals surface area contributed by atoms with Gasteiger partial charge in [0, 0.05) is 30.5 Å². The second-order valence-electron chi connectivity index (χ2n) is 7.09. The number of carbonyl (C=O) groups is 2. The third kappa shape index (κ3) is 4.68. The van der Waals surface area contributed by atoms with Gasteiger partial charge in [-0.25, -0.2) is 4.98 Å². The average Bonchev–Trinajstić information content (AvgIpc) is 2.72. The van der Waals surface area contributed by atoms with Gasteiger partial charge in [-0.3, -0.25) is 18.8 Å². The number of amides is 2. The van der Waals surface area contributed by atoms with E-state index in [0.29, 0.717) is 11.3 Å². The quantitative estimate of drug-likeness (QED) is 0.675. The SMILES string of the molecule is CCC(C)C(=O)Nc1cccc(CNC(=O)c2cnc3ccc(C)cn3c2=O)c1. The van der Waals surface area contributed by atoms with E-state index in [1.807, 2.05) is 39.0 Å². The van der Waals surface area contributed by atoms with Crippen molar-refractivity contribution >= 4 is 23.1 Å².